The third-order valence-corrected chi connectivity index (χ3v) is 5.21. The van der Waals surface area contributed by atoms with Crippen molar-refractivity contribution in [1.29, 1.82) is 0 Å². The zero-order valence-corrected chi connectivity index (χ0v) is 18.8. The maximum atomic E-state index is 13.1. The van der Waals surface area contributed by atoms with Crippen molar-refractivity contribution in [3.8, 4) is 5.88 Å². The Hall–Kier alpha value is -3.08. The van der Waals surface area contributed by atoms with Crippen LogP contribution in [0.2, 0.25) is 0 Å². The van der Waals surface area contributed by atoms with Crippen LogP contribution in [0.4, 0.5) is 0 Å². The molecule has 0 aliphatic rings. The smallest absolute Gasteiger partial charge is 0.334 e. The molecule has 3 rings (SSSR count). The van der Waals surface area contributed by atoms with E-state index in [1.54, 1.807) is 0 Å². The molecule has 0 spiro atoms. The predicted octanol–water partition coefficient (Wildman–Crippen LogP) is 4.21. The summed E-state index contributed by atoms with van der Waals surface area (Å²) in [5.74, 6) is 0.740. The van der Waals surface area contributed by atoms with Gasteiger partial charge in [0.25, 0.3) is 5.56 Å². The van der Waals surface area contributed by atoms with Gasteiger partial charge in [0.05, 0.1) is 19.2 Å². The lowest BCUT2D eigenvalue weighted by atomic mass is 10.0. The molecular weight excluding hydrogens is 388 g/mol. The summed E-state index contributed by atoms with van der Waals surface area (Å²) < 4.78 is 2.44. The number of nitrogens with zero attached hydrogens (tertiary/aromatic N) is 2. The molecule has 0 fully saturated rings. The first-order valence-electron chi connectivity index (χ1n) is 10.9. The van der Waals surface area contributed by atoms with Crippen LogP contribution in [0.3, 0.4) is 0 Å². The second-order valence-electron chi connectivity index (χ2n) is 9.13. The average molecular weight is 421 g/mol. The van der Waals surface area contributed by atoms with Crippen LogP contribution in [0.1, 0.15) is 49.9 Å². The molecule has 0 aliphatic carbocycles. The maximum absolute atomic E-state index is 13.1. The van der Waals surface area contributed by atoms with Crippen LogP contribution in [0.5, 0.6) is 5.88 Å². The largest absolute Gasteiger partial charge is 0.494 e. The number of rotatable bonds is 8. The summed E-state index contributed by atoms with van der Waals surface area (Å²) >= 11 is 0. The fourth-order valence-corrected chi connectivity index (χ4v) is 3.92. The Morgan fingerprint density at radius 2 is 1.16 bits per heavy atom. The van der Waals surface area contributed by atoms with E-state index >= 15 is 0 Å². The van der Waals surface area contributed by atoms with Crippen molar-refractivity contribution in [3.05, 3.63) is 97.7 Å². The minimum atomic E-state index is -0.506. The Balaban J connectivity index is 1.92. The van der Waals surface area contributed by atoms with Gasteiger partial charge >= 0.3 is 5.69 Å². The maximum Gasteiger partial charge on any atom is 0.334 e. The fourth-order valence-electron chi connectivity index (χ4n) is 3.92. The molecule has 164 valence electrons. The third-order valence-electron chi connectivity index (χ3n) is 5.21. The fraction of sp³-hybridized carbons (Fsp3) is 0.385. The highest BCUT2D eigenvalue weighted by molar-refractivity contribution is 5.26. The van der Waals surface area contributed by atoms with Gasteiger partial charge in [0, 0.05) is 0 Å². The monoisotopic (exact) mass is 420 g/mol. The van der Waals surface area contributed by atoms with E-state index in [1.165, 1.54) is 20.3 Å². The summed E-state index contributed by atoms with van der Waals surface area (Å²) in [4.78, 5) is 25.6. The van der Waals surface area contributed by atoms with Gasteiger partial charge in [0.15, 0.2) is 0 Å². The topological polar surface area (TPSA) is 64.2 Å². The normalized spacial score (nSPS) is 11.4. The van der Waals surface area contributed by atoms with Crippen molar-refractivity contribution in [2.75, 3.05) is 0 Å². The second kappa shape index (κ2) is 9.82. The Bertz CT molecular complexity index is 1160. The van der Waals surface area contributed by atoms with Crippen LogP contribution in [0.15, 0.2) is 64.2 Å². The molecule has 0 unspecified atom stereocenters. The highest BCUT2D eigenvalue weighted by Gasteiger charge is 2.13. The van der Waals surface area contributed by atoms with Gasteiger partial charge in [-0.15, -0.1) is 0 Å². The molecule has 2 aromatic carbocycles. The molecule has 0 atom stereocenters. The second-order valence-corrected chi connectivity index (χ2v) is 9.13. The standard InChI is InChI=1S/C26H32N2O3/c1-18(2)11-20-7-5-9-22(13-20)16-27-24(29)15-25(30)28(26(27)31)17-23-10-6-8-21(14-23)12-19(3)4/h5-10,13-15,18-19,29H,11-12,16-17H2,1-4H3. The Kier molecular flexibility index (Phi) is 7.16. The van der Waals surface area contributed by atoms with Crippen molar-refractivity contribution in [2.45, 2.75) is 53.6 Å². The zero-order chi connectivity index (χ0) is 22.5. The predicted molar refractivity (Wildman–Crippen MR) is 125 cm³/mol. The van der Waals surface area contributed by atoms with Crippen molar-refractivity contribution in [3.63, 3.8) is 0 Å². The van der Waals surface area contributed by atoms with Gasteiger partial charge in [-0.05, 0) is 46.9 Å². The van der Waals surface area contributed by atoms with Crippen molar-refractivity contribution >= 4 is 0 Å². The minimum absolute atomic E-state index is 0.178. The number of benzene rings is 2. The number of aromatic hydroxyl groups is 1. The molecule has 5 heteroatoms. The van der Waals surface area contributed by atoms with E-state index in [4.69, 9.17) is 0 Å². The lowest BCUT2D eigenvalue weighted by Crippen LogP contribution is -2.39. The first-order valence-corrected chi connectivity index (χ1v) is 10.9. The molecule has 0 saturated carbocycles. The van der Waals surface area contributed by atoms with Gasteiger partial charge < -0.3 is 5.11 Å². The van der Waals surface area contributed by atoms with Gasteiger partial charge in [-0.2, -0.15) is 0 Å². The molecule has 0 saturated heterocycles. The van der Waals surface area contributed by atoms with Gasteiger partial charge in [-0.1, -0.05) is 76.2 Å². The zero-order valence-electron chi connectivity index (χ0n) is 18.8. The summed E-state index contributed by atoms with van der Waals surface area (Å²) in [5.41, 5.74) is 3.18. The first-order chi connectivity index (χ1) is 14.7. The van der Waals surface area contributed by atoms with Crippen LogP contribution in [-0.2, 0) is 25.9 Å². The first kappa shape index (κ1) is 22.6. The van der Waals surface area contributed by atoms with E-state index in [0.717, 1.165) is 30.0 Å². The Morgan fingerprint density at radius 1 is 0.710 bits per heavy atom. The van der Waals surface area contributed by atoms with Gasteiger partial charge in [0.2, 0.25) is 5.88 Å². The number of hydrogen-bond donors (Lipinski definition) is 1. The van der Waals surface area contributed by atoms with E-state index in [2.05, 4.69) is 45.9 Å². The van der Waals surface area contributed by atoms with Crippen LogP contribution >= 0.6 is 0 Å². The third kappa shape index (κ3) is 5.97. The molecule has 5 nitrogen and oxygen atoms in total. The summed E-state index contributed by atoms with van der Waals surface area (Å²) in [6.45, 7) is 9.03. The average Bonchev–Trinajstić information content (AvgIpc) is 2.68. The van der Waals surface area contributed by atoms with Crippen LogP contribution in [0.25, 0.3) is 0 Å². The summed E-state index contributed by atoms with van der Waals surface area (Å²) in [7, 11) is 0. The number of aromatic nitrogens is 2. The van der Waals surface area contributed by atoms with Crippen LogP contribution in [0, 0.1) is 11.8 Å². The SMILES string of the molecule is CC(C)Cc1cccc(Cn2c(O)cc(=O)n(Cc3cccc(CC(C)C)c3)c2=O)c1. The molecule has 1 aromatic heterocycles. The molecule has 1 heterocycles. The Morgan fingerprint density at radius 3 is 1.65 bits per heavy atom. The molecule has 0 radical (unpaired) electrons. The van der Waals surface area contributed by atoms with Crippen LogP contribution in [-0.4, -0.2) is 14.2 Å². The molecule has 31 heavy (non-hydrogen) atoms. The van der Waals surface area contributed by atoms with E-state index < -0.39 is 11.2 Å². The van der Waals surface area contributed by atoms with Crippen molar-refractivity contribution in [1.82, 2.24) is 9.13 Å². The summed E-state index contributed by atoms with van der Waals surface area (Å²) in [5, 5.41) is 10.3. The Labute approximate surface area is 183 Å². The molecular formula is C26H32N2O3. The number of hydrogen-bond acceptors (Lipinski definition) is 3. The molecule has 3 aromatic rings. The van der Waals surface area contributed by atoms with Gasteiger partial charge in [0.1, 0.15) is 0 Å². The van der Waals surface area contributed by atoms with E-state index in [9.17, 15) is 14.7 Å². The van der Waals surface area contributed by atoms with Crippen molar-refractivity contribution in [2.24, 2.45) is 11.8 Å². The van der Waals surface area contributed by atoms with Gasteiger partial charge in [-0.25, -0.2) is 4.79 Å². The summed E-state index contributed by atoms with van der Waals surface area (Å²) in [6, 6.07) is 17.1. The molecule has 0 bridgehead atoms. The van der Waals surface area contributed by atoms with E-state index in [-0.39, 0.29) is 19.0 Å². The van der Waals surface area contributed by atoms with Crippen LogP contribution < -0.4 is 11.2 Å². The quantitative estimate of drug-likeness (QED) is 0.594. The molecule has 1 N–H and O–H groups in total. The summed E-state index contributed by atoms with van der Waals surface area (Å²) in [6.07, 6.45) is 1.89. The highest BCUT2D eigenvalue weighted by atomic mass is 16.3. The van der Waals surface area contributed by atoms with E-state index in [1.807, 2.05) is 30.3 Å². The molecule has 0 amide bonds. The van der Waals surface area contributed by atoms with Crippen molar-refractivity contribution < 1.29 is 5.11 Å². The lowest BCUT2D eigenvalue weighted by Gasteiger charge is -2.14. The minimum Gasteiger partial charge on any atom is -0.494 e. The lowest BCUT2D eigenvalue weighted by molar-refractivity contribution is 0.400. The van der Waals surface area contributed by atoms with Gasteiger partial charge in [-0.3, -0.25) is 13.9 Å². The molecule has 0 aliphatic heterocycles. The highest BCUT2D eigenvalue weighted by Crippen LogP contribution is 2.14. The van der Waals surface area contributed by atoms with E-state index in [0.29, 0.717) is 11.8 Å².